The van der Waals surface area contributed by atoms with Crippen molar-refractivity contribution in [2.45, 2.75) is 25.8 Å². The maximum atomic E-state index is 12.6. The first-order valence-electron chi connectivity index (χ1n) is 7.74. The van der Waals surface area contributed by atoms with Gasteiger partial charge in [-0.15, -0.1) is 0 Å². The molecule has 1 amide bonds. The van der Waals surface area contributed by atoms with Gasteiger partial charge in [-0.25, -0.2) is 0 Å². The second-order valence-electron chi connectivity index (χ2n) is 5.76. The van der Waals surface area contributed by atoms with Gasteiger partial charge in [0.15, 0.2) is 6.61 Å². The Bertz CT molecular complexity index is 699. The molecule has 0 aliphatic carbocycles. The van der Waals surface area contributed by atoms with Gasteiger partial charge in [-0.1, -0.05) is 29.8 Å². The predicted octanol–water partition coefficient (Wildman–Crippen LogP) is 3.12. The van der Waals surface area contributed by atoms with Crippen molar-refractivity contribution in [1.82, 2.24) is 14.7 Å². The highest BCUT2D eigenvalue weighted by Gasteiger charge is 2.34. The Morgan fingerprint density at radius 1 is 1.39 bits per heavy atom. The summed E-state index contributed by atoms with van der Waals surface area (Å²) in [7, 11) is 1.82. The van der Waals surface area contributed by atoms with E-state index in [9.17, 15) is 4.79 Å². The molecule has 6 heteroatoms. The molecule has 2 aromatic rings. The van der Waals surface area contributed by atoms with Gasteiger partial charge >= 0.3 is 0 Å². The van der Waals surface area contributed by atoms with E-state index in [2.05, 4.69) is 5.10 Å². The number of aromatic nitrogens is 2. The van der Waals surface area contributed by atoms with E-state index in [1.54, 1.807) is 4.68 Å². The monoisotopic (exact) mass is 333 g/mol. The number of hydrogen-bond donors (Lipinski definition) is 0. The maximum absolute atomic E-state index is 12.6. The summed E-state index contributed by atoms with van der Waals surface area (Å²) in [6.45, 7) is 2.70. The summed E-state index contributed by atoms with van der Waals surface area (Å²) in [6, 6.07) is 9.36. The van der Waals surface area contributed by atoms with Crippen LogP contribution >= 0.6 is 11.6 Å². The number of ether oxygens (including phenoxy) is 1. The number of hydrogen-bond acceptors (Lipinski definition) is 3. The first kappa shape index (κ1) is 15.9. The summed E-state index contributed by atoms with van der Waals surface area (Å²) in [4.78, 5) is 14.4. The fourth-order valence-electron chi connectivity index (χ4n) is 3.14. The number of carbonyl (C=O) groups is 1. The van der Waals surface area contributed by atoms with E-state index >= 15 is 0 Å². The molecule has 0 radical (unpaired) electrons. The quantitative estimate of drug-likeness (QED) is 0.863. The molecule has 122 valence electrons. The minimum atomic E-state index is -0.0179. The van der Waals surface area contributed by atoms with Crippen molar-refractivity contribution in [3.8, 4) is 5.75 Å². The number of benzene rings is 1. The number of nitrogens with zero attached hydrogens (tertiary/aromatic N) is 3. The number of para-hydroxylation sites is 1. The van der Waals surface area contributed by atoms with Crippen LogP contribution in [0.1, 0.15) is 30.1 Å². The van der Waals surface area contributed by atoms with Crippen molar-refractivity contribution in [2.24, 2.45) is 7.05 Å². The Balaban J connectivity index is 1.72. The normalized spacial score (nSPS) is 17.5. The molecule has 1 unspecified atom stereocenters. The van der Waals surface area contributed by atoms with Crippen LogP contribution in [0.15, 0.2) is 30.3 Å². The number of rotatable bonds is 4. The van der Waals surface area contributed by atoms with E-state index in [0.29, 0.717) is 10.9 Å². The Labute approximate surface area is 140 Å². The first-order valence-corrected chi connectivity index (χ1v) is 8.12. The van der Waals surface area contributed by atoms with E-state index in [0.717, 1.165) is 30.6 Å². The fourth-order valence-corrected chi connectivity index (χ4v) is 3.44. The van der Waals surface area contributed by atoms with Gasteiger partial charge in [0.1, 0.15) is 10.9 Å². The molecule has 1 fully saturated rings. The third-order valence-corrected chi connectivity index (χ3v) is 4.66. The molecule has 0 N–H and O–H groups in total. The number of amides is 1. The fraction of sp³-hybridized carbons (Fsp3) is 0.412. The standard InChI is InChI=1S/C17H20ClN3O2/c1-12-16(17(18)20(2)19-12)14-9-6-10-21(14)15(22)11-23-13-7-4-3-5-8-13/h3-5,7-8,14H,6,9-11H2,1-2H3. The van der Waals surface area contributed by atoms with Crippen molar-refractivity contribution in [1.29, 1.82) is 0 Å². The highest BCUT2D eigenvalue weighted by Crippen LogP contribution is 2.37. The third kappa shape index (κ3) is 3.20. The van der Waals surface area contributed by atoms with Gasteiger partial charge in [0.05, 0.1) is 11.7 Å². The summed E-state index contributed by atoms with van der Waals surface area (Å²) in [5.41, 5.74) is 1.84. The average molecular weight is 334 g/mol. The van der Waals surface area contributed by atoms with Crippen LogP contribution < -0.4 is 4.74 Å². The minimum absolute atomic E-state index is 0.0110. The Hall–Kier alpha value is -2.01. The molecule has 1 atom stereocenters. The van der Waals surface area contributed by atoms with Gasteiger partial charge in [0, 0.05) is 19.2 Å². The molecule has 5 nitrogen and oxygen atoms in total. The molecule has 1 saturated heterocycles. The predicted molar refractivity (Wildman–Crippen MR) is 88.6 cm³/mol. The Kier molecular flexibility index (Phi) is 4.57. The zero-order valence-corrected chi connectivity index (χ0v) is 14.1. The molecule has 1 aliphatic heterocycles. The molecule has 1 aliphatic rings. The maximum Gasteiger partial charge on any atom is 0.261 e. The number of carbonyl (C=O) groups excluding carboxylic acids is 1. The molecule has 0 spiro atoms. The van der Waals surface area contributed by atoms with Gasteiger partial charge in [-0.05, 0) is 31.9 Å². The van der Waals surface area contributed by atoms with Gasteiger partial charge in [-0.2, -0.15) is 5.10 Å². The molecular weight excluding hydrogens is 314 g/mol. The van der Waals surface area contributed by atoms with Crippen LogP contribution in [-0.2, 0) is 11.8 Å². The van der Waals surface area contributed by atoms with E-state index < -0.39 is 0 Å². The average Bonchev–Trinajstić information content (AvgIpc) is 3.11. The second-order valence-corrected chi connectivity index (χ2v) is 6.12. The lowest BCUT2D eigenvalue weighted by molar-refractivity contribution is -0.134. The molecule has 2 heterocycles. The number of halogens is 1. The van der Waals surface area contributed by atoms with E-state index in [1.165, 1.54) is 0 Å². The molecule has 1 aromatic carbocycles. The highest BCUT2D eigenvalue weighted by molar-refractivity contribution is 6.30. The van der Waals surface area contributed by atoms with Crippen LogP contribution in [0.25, 0.3) is 0 Å². The highest BCUT2D eigenvalue weighted by atomic mass is 35.5. The first-order chi connectivity index (χ1) is 11.1. The van der Waals surface area contributed by atoms with Crippen LogP contribution in [0.5, 0.6) is 5.75 Å². The lowest BCUT2D eigenvalue weighted by atomic mass is 10.1. The summed E-state index contributed by atoms with van der Waals surface area (Å²) in [5.74, 6) is 0.683. The second kappa shape index (κ2) is 6.62. The summed E-state index contributed by atoms with van der Waals surface area (Å²) < 4.78 is 7.25. The molecule has 1 aromatic heterocycles. The van der Waals surface area contributed by atoms with Crippen molar-refractivity contribution in [3.05, 3.63) is 46.7 Å². The van der Waals surface area contributed by atoms with Crippen LogP contribution in [0.2, 0.25) is 5.15 Å². The number of aryl methyl sites for hydroxylation is 2. The molecule has 0 bridgehead atoms. The molecule has 23 heavy (non-hydrogen) atoms. The van der Waals surface area contributed by atoms with Gasteiger partial charge < -0.3 is 9.64 Å². The van der Waals surface area contributed by atoms with Gasteiger partial charge in [0.25, 0.3) is 5.91 Å². The third-order valence-electron chi connectivity index (χ3n) is 4.21. The van der Waals surface area contributed by atoms with E-state index in [1.807, 2.05) is 49.2 Å². The van der Waals surface area contributed by atoms with Crippen molar-refractivity contribution in [2.75, 3.05) is 13.2 Å². The SMILES string of the molecule is Cc1nn(C)c(Cl)c1C1CCCN1C(=O)COc1ccccc1. The van der Waals surface area contributed by atoms with Crippen LogP contribution in [0.3, 0.4) is 0 Å². The van der Waals surface area contributed by atoms with Gasteiger partial charge in [0.2, 0.25) is 0 Å². The Morgan fingerprint density at radius 2 is 2.13 bits per heavy atom. The van der Waals surface area contributed by atoms with Crippen LogP contribution in [-0.4, -0.2) is 33.7 Å². The molecule has 0 saturated carbocycles. The van der Waals surface area contributed by atoms with E-state index in [-0.39, 0.29) is 18.6 Å². The minimum Gasteiger partial charge on any atom is -0.484 e. The summed E-state index contributed by atoms with van der Waals surface area (Å²) in [6.07, 6.45) is 1.87. The molecule has 3 rings (SSSR count). The summed E-state index contributed by atoms with van der Waals surface area (Å²) in [5, 5.41) is 4.97. The molecular formula is C17H20ClN3O2. The van der Waals surface area contributed by atoms with Crippen LogP contribution in [0, 0.1) is 6.92 Å². The Morgan fingerprint density at radius 3 is 2.78 bits per heavy atom. The topological polar surface area (TPSA) is 47.4 Å². The lowest BCUT2D eigenvalue weighted by Crippen LogP contribution is -2.34. The zero-order chi connectivity index (χ0) is 16.4. The van der Waals surface area contributed by atoms with Crippen molar-refractivity contribution in [3.63, 3.8) is 0 Å². The zero-order valence-electron chi connectivity index (χ0n) is 13.3. The van der Waals surface area contributed by atoms with Crippen LogP contribution in [0.4, 0.5) is 0 Å². The van der Waals surface area contributed by atoms with Gasteiger partial charge in [-0.3, -0.25) is 9.48 Å². The summed E-state index contributed by atoms with van der Waals surface area (Å²) >= 11 is 6.37. The largest absolute Gasteiger partial charge is 0.484 e. The van der Waals surface area contributed by atoms with Crippen molar-refractivity contribution >= 4 is 17.5 Å². The van der Waals surface area contributed by atoms with E-state index in [4.69, 9.17) is 16.3 Å². The van der Waals surface area contributed by atoms with Crippen molar-refractivity contribution < 1.29 is 9.53 Å². The lowest BCUT2D eigenvalue weighted by Gasteiger charge is -2.25. The number of likely N-dealkylation sites (tertiary alicyclic amines) is 1. The smallest absolute Gasteiger partial charge is 0.261 e.